The molecule has 2 aromatic carbocycles. The number of Topliss-reactive ketones (excluding diaryl/α,β-unsaturated/α-hetero) is 1. The molecule has 0 N–H and O–H groups in total. The molecule has 0 spiro atoms. The van der Waals surface area contributed by atoms with Gasteiger partial charge in [-0.05, 0) is 55.9 Å². The zero-order chi connectivity index (χ0) is 25.0. The average molecular weight is 473 g/mol. The number of carbonyl (C=O) groups is 2. The van der Waals surface area contributed by atoms with E-state index in [-0.39, 0.29) is 5.78 Å². The monoisotopic (exact) mass is 472 g/mol. The number of carbonyl (C=O) groups excluding carboxylic acids is 2. The summed E-state index contributed by atoms with van der Waals surface area (Å²) in [5, 5.41) is 0. The van der Waals surface area contributed by atoms with Gasteiger partial charge >= 0.3 is 5.97 Å². The van der Waals surface area contributed by atoms with Gasteiger partial charge in [0.15, 0.2) is 11.9 Å². The first-order chi connectivity index (χ1) is 17.0. The summed E-state index contributed by atoms with van der Waals surface area (Å²) in [6.07, 6.45) is 12.0. The summed E-state index contributed by atoms with van der Waals surface area (Å²) < 4.78 is 5.44. The highest BCUT2D eigenvalue weighted by molar-refractivity contribution is 6.01. The number of aryl methyl sites for hydroxylation is 2. The van der Waals surface area contributed by atoms with Crippen LogP contribution in [-0.2, 0) is 17.6 Å². The number of rotatable bonds is 13. The number of benzene rings is 2. The van der Waals surface area contributed by atoms with Crippen LogP contribution in [-0.4, -0.2) is 27.8 Å². The Morgan fingerprint density at radius 1 is 0.743 bits per heavy atom. The van der Waals surface area contributed by atoms with Crippen molar-refractivity contribution in [3.8, 4) is 11.4 Å². The maximum Gasteiger partial charge on any atom is 0.338 e. The van der Waals surface area contributed by atoms with Gasteiger partial charge in [0.25, 0.3) is 0 Å². The number of ketones is 1. The van der Waals surface area contributed by atoms with E-state index in [0.29, 0.717) is 17.0 Å². The lowest BCUT2D eigenvalue weighted by atomic mass is 10.0. The maximum atomic E-state index is 12.7. The van der Waals surface area contributed by atoms with E-state index in [1.807, 2.05) is 36.7 Å². The fourth-order valence-corrected chi connectivity index (χ4v) is 3.88. The Kier molecular flexibility index (Phi) is 10.1. The third-order valence-corrected chi connectivity index (χ3v) is 6.11. The number of ether oxygens (including phenoxy) is 1. The van der Waals surface area contributed by atoms with Gasteiger partial charge in [0.05, 0.1) is 5.56 Å². The van der Waals surface area contributed by atoms with Crippen LogP contribution < -0.4 is 0 Å². The van der Waals surface area contributed by atoms with Crippen molar-refractivity contribution in [1.82, 2.24) is 9.97 Å². The van der Waals surface area contributed by atoms with Crippen molar-refractivity contribution in [2.24, 2.45) is 0 Å². The molecule has 1 unspecified atom stereocenters. The first-order valence-corrected chi connectivity index (χ1v) is 12.8. The molecule has 184 valence electrons. The van der Waals surface area contributed by atoms with Crippen molar-refractivity contribution in [3.63, 3.8) is 0 Å². The predicted octanol–water partition coefficient (Wildman–Crippen LogP) is 7.04. The number of esters is 1. The smallest absolute Gasteiger partial charge is 0.338 e. The average Bonchev–Trinajstić information content (AvgIpc) is 2.90. The topological polar surface area (TPSA) is 69.2 Å². The van der Waals surface area contributed by atoms with E-state index in [2.05, 4.69) is 23.8 Å². The van der Waals surface area contributed by atoms with Gasteiger partial charge in [0.1, 0.15) is 0 Å². The lowest BCUT2D eigenvalue weighted by Crippen LogP contribution is -2.24. The number of hydrogen-bond donors (Lipinski definition) is 0. The quantitative estimate of drug-likeness (QED) is 0.152. The van der Waals surface area contributed by atoms with Crippen molar-refractivity contribution < 1.29 is 14.3 Å². The minimum absolute atomic E-state index is 0.208. The largest absolute Gasteiger partial charge is 0.451 e. The molecular weight excluding hydrogens is 436 g/mol. The van der Waals surface area contributed by atoms with Gasteiger partial charge in [-0.3, -0.25) is 4.79 Å². The van der Waals surface area contributed by atoms with E-state index >= 15 is 0 Å². The van der Waals surface area contributed by atoms with Gasteiger partial charge in [0.2, 0.25) is 5.78 Å². The zero-order valence-electron chi connectivity index (χ0n) is 21.1. The van der Waals surface area contributed by atoms with Crippen molar-refractivity contribution in [2.45, 2.75) is 78.2 Å². The summed E-state index contributed by atoms with van der Waals surface area (Å²) in [7, 11) is 0. The molecule has 1 atom stereocenters. The van der Waals surface area contributed by atoms with Crippen molar-refractivity contribution in [3.05, 3.63) is 83.2 Å². The summed E-state index contributed by atoms with van der Waals surface area (Å²) in [5.41, 5.74) is 4.10. The molecular formula is C30H36N2O3. The summed E-state index contributed by atoms with van der Waals surface area (Å²) >= 11 is 0. The molecule has 3 rings (SSSR count). The van der Waals surface area contributed by atoms with Crippen molar-refractivity contribution >= 4 is 11.8 Å². The van der Waals surface area contributed by atoms with Gasteiger partial charge in [0, 0.05) is 23.5 Å². The van der Waals surface area contributed by atoms with Crippen LogP contribution in [0.1, 0.15) is 91.1 Å². The molecule has 1 heterocycles. The van der Waals surface area contributed by atoms with Crippen LogP contribution >= 0.6 is 0 Å². The normalized spacial score (nSPS) is 11.7. The van der Waals surface area contributed by atoms with Gasteiger partial charge < -0.3 is 4.74 Å². The van der Waals surface area contributed by atoms with Gasteiger partial charge in [-0.1, -0.05) is 75.9 Å². The molecule has 35 heavy (non-hydrogen) atoms. The second-order valence-electron chi connectivity index (χ2n) is 9.02. The predicted molar refractivity (Wildman–Crippen MR) is 140 cm³/mol. The molecule has 0 aliphatic rings. The molecule has 0 saturated heterocycles. The second kappa shape index (κ2) is 13.5. The Balaban J connectivity index is 1.55. The second-order valence-corrected chi connectivity index (χ2v) is 9.02. The highest BCUT2D eigenvalue weighted by atomic mass is 16.5. The molecule has 0 radical (unpaired) electrons. The summed E-state index contributed by atoms with van der Waals surface area (Å²) in [4.78, 5) is 34.3. The number of nitrogens with zero attached hydrogens (tertiary/aromatic N) is 2. The van der Waals surface area contributed by atoms with E-state index < -0.39 is 12.1 Å². The molecule has 0 saturated carbocycles. The molecule has 0 aliphatic carbocycles. The molecule has 0 amide bonds. The standard InChI is InChI=1S/C30H36N2O3/c1-4-6-8-9-11-24-20-31-29(32-21-24)26-16-18-27(19-17-26)30(34)35-22(3)28(33)25-14-12-23(13-15-25)10-7-5-2/h12-22H,4-11H2,1-3H3. The Morgan fingerprint density at radius 2 is 1.34 bits per heavy atom. The van der Waals surface area contributed by atoms with Crippen molar-refractivity contribution in [1.29, 1.82) is 0 Å². The lowest BCUT2D eigenvalue weighted by Gasteiger charge is -2.13. The van der Waals surface area contributed by atoms with Crippen LogP contribution in [0.5, 0.6) is 0 Å². The van der Waals surface area contributed by atoms with Crippen molar-refractivity contribution in [2.75, 3.05) is 0 Å². The summed E-state index contributed by atoms with van der Waals surface area (Å²) in [6.45, 7) is 5.97. The van der Waals surface area contributed by atoms with E-state index in [4.69, 9.17) is 4.74 Å². The fraction of sp³-hybridized carbons (Fsp3) is 0.400. The van der Waals surface area contributed by atoms with Crippen LogP contribution in [0, 0.1) is 0 Å². The molecule has 0 bridgehead atoms. The number of aromatic nitrogens is 2. The maximum absolute atomic E-state index is 12.7. The fourth-order valence-electron chi connectivity index (χ4n) is 3.88. The SMILES string of the molecule is CCCCCCc1cnc(-c2ccc(C(=O)OC(C)C(=O)c3ccc(CCCC)cc3)cc2)nc1. The first-order valence-electron chi connectivity index (χ1n) is 12.8. The van der Waals surface area contributed by atoms with E-state index in [1.54, 1.807) is 31.2 Å². The van der Waals surface area contributed by atoms with Gasteiger partial charge in [-0.25, -0.2) is 14.8 Å². The van der Waals surface area contributed by atoms with Crippen LogP contribution in [0.25, 0.3) is 11.4 Å². The zero-order valence-corrected chi connectivity index (χ0v) is 21.1. The molecule has 3 aromatic rings. The summed E-state index contributed by atoms with van der Waals surface area (Å²) in [6, 6.07) is 14.5. The number of unbranched alkanes of at least 4 members (excludes halogenated alkanes) is 4. The van der Waals surface area contributed by atoms with E-state index in [0.717, 1.165) is 43.2 Å². The van der Waals surface area contributed by atoms with E-state index in [9.17, 15) is 9.59 Å². The minimum Gasteiger partial charge on any atom is -0.451 e. The number of hydrogen-bond acceptors (Lipinski definition) is 5. The summed E-state index contributed by atoms with van der Waals surface area (Å²) in [5.74, 6) is -0.117. The molecule has 1 aromatic heterocycles. The third kappa shape index (κ3) is 7.84. The Morgan fingerprint density at radius 3 is 1.97 bits per heavy atom. The van der Waals surface area contributed by atoms with Gasteiger partial charge in [-0.2, -0.15) is 0 Å². The Bertz CT molecular complexity index is 1070. The molecule has 5 nitrogen and oxygen atoms in total. The first kappa shape index (κ1) is 26.3. The van der Waals surface area contributed by atoms with E-state index in [1.165, 1.54) is 24.8 Å². The minimum atomic E-state index is -0.864. The molecule has 0 fully saturated rings. The highest BCUT2D eigenvalue weighted by Crippen LogP contribution is 2.18. The van der Waals surface area contributed by atoms with Crippen LogP contribution in [0.2, 0.25) is 0 Å². The third-order valence-electron chi connectivity index (χ3n) is 6.11. The highest BCUT2D eigenvalue weighted by Gasteiger charge is 2.20. The Labute approximate surface area is 209 Å². The lowest BCUT2D eigenvalue weighted by molar-refractivity contribution is 0.0319. The van der Waals surface area contributed by atoms with Crippen LogP contribution in [0.4, 0.5) is 0 Å². The Hall–Kier alpha value is -3.34. The van der Waals surface area contributed by atoms with Crippen LogP contribution in [0.15, 0.2) is 60.9 Å². The van der Waals surface area contributed by atoms with Crippen LogP contribution in [0.3, 0.4) is 0 Å². The molecule has 5 heteroatoms. The van der Waals surface area contributed by atoms with Gasteiger partial charge in [-0.15, -0.1) is 0 Å². The molecule has 0 aliphatic heterocycles.